The van der Waals surface area contributed by atoms with Crippen molar-refractivity contribution in [2.45, 2.75) is 50.3 Å². The molecule has 0 amide bonds. The summed E-state index contributed by atoms with van der Waals surface area (Å²) < 4.78 is 25.7. The third kappa shape index (κ3) is 6.30. The van der Waals surface area contributed by atoms with E-state index in [1.165, 1.54) is 32.4 Å². The molecule has 1 heterocycles. The van der Waals surface area contributed by atoms with Crippen molar-refractivity contribution >= 4 is 11.9 Å². The molecule has 0 bridgehead atoms. The number of carbonyl (C=O) groups is 2. The lowest BCUT2D eigenvalue weighted by Gasteiger charge is -2.39. The van der Waals surface area contributed by atoms with Crippen molar-refractivity contribution in [2.24, 2.45) is 0 Å². The molecule has 168 valence electrons. The molecule has 0 aliphatic carbocycles. The molecule has 1 aliphatic rings. The number of rotatable bonds is 9. The Kier molecular flexibility index (Phi) is 8.85. The minimum atomic E-state index is -1.27. The molecule has 0 unspecified atom stereocenters. The van der Waals surface area contributed by atoms with Crippen LogP contribution in [-0.4, -0.2) is 85.2 Å². The lowest BCUT2D eigenvalue weighted by Crippen LogP contribution is -2.56. The van der Waals surface area contributed by atoms with Crippen LogP contribution < -0.4 is 9.47 Å². The zero-order valence-corrected chi connectivity index (χ0v) is 17.1. The normalized spacial score (nSPS) is 26.0. The number of hydrogen-bond donors (Lipinski definition) is 3. The number of benzene rings is 1. The van der Waals surface area contributed by atoms with Crippen molar-refractivity contribution < 1.29 is 48.6 Å². The number of methoxy groups -OCH3 is 2. The Hall–Kier alpha value is -2.40. The van der Waals surface area contributed by atoms with Gasteiger partial charge in [-0.05, 0) is 31.9 Å². The van der Waals surface area contributed by atoms with Gasteiger partial charge in [0, 0.05) is 6.07 Å². The third-order valence-corrected chi connectivity index (χ3v) is 4.74. The highest BCUT2D eigenvalue weighted by molar-refractivity contribution is 5.90. The first kappa shape index (κ1) is 23.9. The van der Waals surface area contributed by atoms with Crippen LogP contribution in [0.2, 0.25) is 0 Å². The van der Waals surface area contributed by atoms with Gasteiger partial charge < -0.3 is 39.0 Å². The molecule has 0 aromatic heterocycles. The maximum Gasteiger partial charge on any atom is 0.343 e. The average molecular weight is 428 g/mol. The minimum Gasteiger partial charge on any atom is -0.493 e. The van der Waals surface area contributed by atoms with Crippen molar-refractivity contribution in [3.63, 3.8) is 0 Å². The summed E-state index contributed by atoms with van der Waals surface area (Å²) in [5.74, 6) is -0.612. The van der Waals surface area contributed by atoms with Gasteiger partial charge in [0.2, 0.25) is 0 Å². The smallest absolute Gasteiger partial charge is 0.343 e. The fourth-order valence-corrected chi connectivity index (χ4v) is 3.02. The first-order chi connectivity index (χ1) is 14.3. The molecule has 1 aromatic rings. The number of carbonyl (C=O) groups excluding carboxylic acids is 2. The lowest BCUT2D eigenvalue weighted by molar-refractivity contribution is -0.218. The van der Waals surface area contributed by atoms with Crippen molar-refractivity contribution in [3.05, 3.63) is 23.8 Å². The molecule has 0 saturated carbocycles. The summed E-state index contributed by atoms with van der Waals surface area (Å²) >= 11 is 0. The summed E-state index contributed by atoms with van der Waals surface area (Å²) in [5, 5.41) is 29.6. The Morgan fingerprint density at radius 2 is 1.63 bits per heavy atom. The molecule has 0 spiro atoms. The van der Waals surface area contributed by atoms with E-state index < -0.39 is 42.5 Å². The molecule has 5 atom stereocenters. The maximum atomic E-state index is 11.9. The summed E-state index contributed by atoms with van der Waals surface area (Å²) in [6, 6.07) is 4.41. The Labute approximate surface area is 174 Å². The summed E-state index contributed by atoms with van der Waals surface area (Å²) in [6.45, 7) is 1.52. The monoisotopic (exact) mass is 428 g/mol. The Morgan fingerprint density at radius 1 is 0.967 bits per heavy atom. The molecule has 0 radical (unpaired) electrons. The fourth-order valence-electron chi connectivity index (χ4n) is 3.02. The Bertz CT molecular complexity index is 722. The molecule has 1 aliphatic heterocycles. The first-order valence-electron chi connectivity index (χ1n) is 9.52. The average Bonchev–Trinajstić information content (AvgIpc) is 2.75. The van der Waals surface area contributed by atoms with Crippen molar-refractivity contribution in [1.82, 2.24) is 0 Å². The van der Waals surface area contributed by atoms with E-state index in [9.17, 15) is 24.9 Å². The quantitative estimate of drug-likeness (QED) is 0.365. The molecule has 10 heteroatoms. The highest BCUT2D eigenvalue weighted by Crippen LogP contribution is 2.26. The molecule has 1 saturated heterocycles. The zero-order chi connectivity index (χ0) is 22.3. The van der Waals surface area contributed by atoms with Crippen LogP contribution in [0.5, 0.6) is 11.5 Å². The summed E-state index contributed by atoms with van der Waals surface area (Å²) in [4.78, 5) is 23.1. The van der Waals surface area contributed by atoms with Crippen LogP contribution in [0.4, 0.5) is 0 Å². The van der Waals surface area contributed by atoms with Gasteiger partial charge in [-0.1, -0.05) is 0 Å². The van der Waals surface area contributed by atoms with Gasteiger partial charge in [-0.25, -0.2) is 9.59 Å². The van der Waals surface area contributed by atoms with Gasteiger partial charge in [-0.3, -0.25) is 0 Å². The highest BCUT2D eigenvalue weighted by Gasteiger charge is 2.41. The molecule has 10 nitrogen and oxygen atoms in total. The van der Waals surface area contributed by atoms with Crippen LogP contribution >= 0.6 is 0 Å². The highest BCUT2D eigenvalue weighted by atomic mass is 16.6. The van der Waals surface area contributed by atoms with Crippen LogP contribution in [0.1, 0.15) is 30.1 Å². The van der Waals surface area contributed by atoms with Gasteiger partial charge in [0.25, 0.3) is 0 Å². The standard InChI is InChI=1S/C20H28O10/c1-11-17(22)19(24)18(23)15(30-11)5-4-6-28-13-7-12(20(25)27-3)8-14(9-13)29-10-16(21)26-2/h7-9,11,15,17-19,22-24H,4-6,10H2,1-3H3/t11-,15-,17+,18+,19+/m0/s1. The van der Waals surface area contributed by atoms with Gasteiger partial charge in [-0.15, -0.1) is 0 Å². The second kappa shape index (κ2) is 11.1. The molecular weight excluding hydrogens is 400 g/mol. The van der Waals surface area contributed by atoms with Crippen LogP contribution in [0.25, 0.3) is 0 Å². The van der Waals surface area contributed by atoms with Crippen LogP contribution in [-0.2, 0) is 19.0 Å². The summed E-state index contributed by atoms with van der Waals surface area (Å²) in [7, 11) is 2.48. The SMILES string of the molecule is COC(=O)COc1cc(OCCC[C@@H]2O[C@@H](C)[C@@H](O)[C@@H](O)[C@@H]2O)cc(C(=O)OC)c1. The van der Waals surface area contributed by atoms with E-state index in [1.807, 2.05) is 0 Å². The maximum absolute atomic E-state index is 11.9. The fraction of sp³-hybridized carbons (Fsp3) is 0.600. The van der Waals surface area contributed by atoms with Gasteiger partial charge in [-0.2, -0.15) is 0 Å². The third-order valence-electron chi connectivity index (χ3n) is 4.74. The van der Waals surface area contributed by atoms with Crippen molar-refractivity contribution in [1.29, 1.82) is 0 Å². The Morgan fingerprint density at radius 3 is 2.27 bits per heavy atom. The number of aliphatic hydroxyl groups excluding tert-OH is 3. The summed E-state index contributed by atoms with van der Waals surface area (Å²) in [5.41, 5.74) is 0.187. The second-order valence-corrected chi connectivity index (χ2v) is 6.89. The van der Waals surface area contributed by atoms with Crippen LogP contribution in [0, 0.1) is 0 Å². The molecular formula is C20H28O10. The molecule has 2 rings (SSSR count). The van der Waals surface area contributed by atoms with E-state index in [-0.39, 0.29) is 24.5 Å². The van der Waals surface area contributed by atoms with E-state index in [0.29, 0.717) is 18.6 Å². The number of hydrogen-bond acceptors (Lipinski definition) is 10. The predicted octanol–water partition coefficient (Wildman–Crippen LogP) is 0.0540. The van der Waals surface area contributed by atoms with Gasteiger partial charge in [0.1, 0.15) is 29.8 Å². The largest absolute Gasteiger partial charge is 0.493 e. The minimum absolute atomic E-state index is 0.187. The van der Waals surface area contributed by atoms with E-state index in [0.717, 1.165) is 0 Å². The number of aliphatic hydroxyl groups is 3. The number of ether oxygens (including phenoxy) is 5. The lowest BCUT2D eigenvalue weighted by atomic mass is 9.93. The van der Waals surface area contributed by atoms with E-state index in [4.69, 9.17) is 18.9 Å². The topological polar surface area (TPSA) is 141 Å². The van der Waals surface area contributed by atoms with Crippen molar-refractivity contribution in [3.8, 4) is 11.5 Å². The number of esters is 2. The van der Waals surface area contributed by atoms with E-state index >= 15 is 0 Å². The van der Waals surface area contributed by atoms with E-state index in [2.05, 4.69) is 4.74 Å². The van der Waals surface area contributed by atoms with Crippen LogP contribution in [0.3, 0.4) is 0 Å². The Balaban J connectivity index is 1.94. The second-order valence-electron chi connectivity index (χ2n) is 6.89. The van der Waals surface area contributed by atoms with Gasteiger partial charge in [0.05, 0.1) is 38.6 Å². The predicted molar refractivity (Wildman–Crippen MR) is 102 cm³/mol. The van der Waals surface area contributed by atoms with Crippen molar-refractivity contribution in [2.75, 3.05) is 27.4 Å². The summed E-state index contributed by atoms with van der Waals surface area (Å²) in [6.07, 6.45) is -3.99. The van der Waals surface area contributed by atoms with E-state index in [1.54, 1.807) is 6.92 Å². The zero-order valence-electron chi connectivity index (χ0n) is 17.1. The van der Waals surface area contributed by atoms with Gasteiger partial charge in [0.15, 0.2) is 6.61 Å². The molecule has 1 aromatic carbocycles. The van der Waals surface area contributed by atoms with Crippen LogP contribution in [0.15, 0.2) is 18.2 Å². The molecule has 30 heavy (non-hydrogen) atoms. The molecule has 1 fully saturated rings. The first-order valence-corrected chi connectivity index (χ1v) is 9.52. The molecule has 3 N–H and O–H groups in total. The van der Waals surface area contributed by atoms with Gasteiger partial charge >= 0.3 is 11.9 Å².